The van der Waals surface area contributed by atoms with E-state index in [-0.39, 0.29) is 0 Å². The molecule has 1 aromatic carbocycles. The highest BCUT2D eigenvalue weighted by molar-refractivity contribution is 5.31. The van der Waals surface area contributed by atoms with E-state index in [0.717, 1.165) is 38.3 Å². The second-order valence-corrected chi connectivity index (χ2v) is 5.50. The average molecular weight is 261 g/mol. The molecular formula is C16H23NO2. The van der Waals surface area contributed by atoms with Crippen molar-refractivity contribution in [2.75, 3.05) is 19.8 Å². The van der Waals surface area contributed by atoms with Crippen molar-refractivity contribution in [2.24, 2.45) is 0 Å². The van der Waals surface area contributed by atoms with Crippen molar-refractivity contribution in [1.82, 2.24) is 5.32 Å². The van der Waals surface area contributed by atoms with Gasteiger partial charge in [0, 0.05) is 18.9 Å². The third kappa shape index (κ3) is 3.48. The maximum atomic E-state index is 6.08. The van der Waals surface area contributed by atoms with Gasteiger partial charge < -0.3 is 14.8 Å². The van der Waals surface area contributed by atoms with Crippen molar-refractivity contribution in [3.63, 3.8) is 0 Å². The van der Waals surface area contributed by atoms with Crippen LogP contribution in [0.1, 0.15) is 43.7 Å². The number of piperidine rings is 1. The molecule has 0 amide bonds. The zero-order valence-corrected chi connectivity index (χ0v) is 11.4. The first kappa shape index (κ1) is 12.9. The van der Waals surface area contributed by atoms with E-state index >= 15 is 0 Å². The van der Waals surface area contributed by atoms with Crippen LogP contribution in [0.3, 0.4) is 0 Å². The Bertz CT molecular complexity index is 395. The first-order valence-corrected chi connectivity index (χ1v) is 7.49. The molecule has 2 fully saturated rings. The molecule has 1 N–H and O–H groups in total. The molecule has 0 saturated carbocycles. The second kappa shape index (κ2) is 6.40. The highest BCUT2D eigenvalue weighted by atomic mass is 16.5. The van der Waals surface area contributed by atoms with E-state index in [1.54, 1.807) is 0 Å². The number of hydrogen-bond donors (Lipinski definition) is 1. The Hall–Kier alpha value is -1.06. The van der Waals surface area contributed by atoms with Crippen LogP contribution in [0.2, 0.25) is 0 Å². The van der Waals surface area contributed by atoms with E-state index in [4.69, 9.17) is 9.47 Å². The van der Waals surface area contributed by atoms with E-state index in [1.165, 1.54) is 24.8 Å². The van der Waals surface area contributed by atoms with Crippen molar-refractivity contribution < 1.29 is 9.47 Å². The molecule has 2 heterocycles. The van der Waals surface area contributed by atoms with Crippen LogP contribution in [0.4, 0.5) is 0 Å². The quantitative estimate of drug-likeness (QED) is 0.907. The predicted octanol–water partition coefficient (Wildman–Crippen LogP) is 3.06. The van der Waals surface area contributed by atoms with Crippen molar-refractivity contribution >= 4 is 0 Å². The van der Waals surface area contributed by atoms with Crippen molar-refractivity contribution in [2.45, 2.75) is 44.2 Å². The van der Waals surface area contributed by atoms with Crippen LogP contribution >= 0.6 is 0 Å². The predicted molar refractivity (Wildman–Crippen MR) is 75.5 cm³/mol. The topological polar surface area (TPSA) is 30.5 Å². The number of benzene rings is 1. The average Bonchev–Trinajstić information content (AvgIpc) is 2.49. The highest BCUT2D eigenvalue weighted by Crippen LogP contribution is 2.27. The standard InChI is InChI=1S/C16H23NO2/c1-2-9-17-16(6-1)13-4-3-5-15(12-13)19-14-7-10-18-11-8-14/h3-5,12,14,16-17H,1-2,6-11H2. The third-order valence-electron chi connectivity index (χ3n) is 4.04. The third-order valence-corrected chi connectivity index (χ3v) is 4.04. The summed E-state index contributed by atoms with van der Waals surface area (Å²) in [5.41, 5.74) is 1.37. The van der Waals surface area contributed by atoms with Crippen LogP contribution in [0.25, 0.3) is 0 Å². The Morgan fingerprint density at radius 3 is 2.79 bits per heavy atom. The summed E-state index contributed by atoms with van der Waals surface area (Å²) in [4.78, 5) is 0. The van der Waals surface area contributed by atoms with Crippen LogP contribution in [0.5, 0.6) is 5.75 Å². The smallest absolute Gasteiger partial charge is 0.120 e. The molecule has 0 spiro atoms. The van der Waals surface area contributed by atoms with Crippen LogP contribution in [-0.2, 0) is 4.74 Å². The van der Waals surface area contributed by atoms with Gasteiger partial charge in [-0.05, 0) is 37.1 Å². The van der Waals surface area contributed by atoms with Crippen molar-refractivity contribution in [3.8, 4) is 5.75 Å². The summed E-state index contributed by atoms with van der Waals surface area (Å²) in [6.07, 6.45) is 6.19. The summed E-state index contributed by atoms with van der Waals surface area (Å²) in [7, 11) is 0. The van der Waals surface area contributed by atoms with Gasteiger partial charge >= 0.3 is 0 Å². The van der Waals surface area contributed by atoms with Crippen LogP contribution in [0, 0.1) is 0 Å². The molecule has 1 unspecified atom stereocenters. The lowest BCUT2D eigenvalue weighted by molar-refractivity contribution is 0.0255. The summed E-state index contributed by atoms with van der Waals surface area (Å²) < 4.78 is 11.4. The first-order chi connectivity index (χ1) is 9.42. The maximum absolute atomic E-state index is 6.08. The van der Waals surface area contributed by atoms with E-state index in [0.29, 0.717) is 12.1 Å². The summed E-state index contributed by atoms with van der Waals surface area (Å²) in [6, 6.07) is 9.10. The van der Waals surface area contributed by atoms with Crippen molar-refractivity contribution in [1.29, 1.82) is 0 Å². The summed E-state index contributed by atoms with van der Waals surface area (Å²) in [5.74, 6) is 1.01. The number of hydrogen-bond acceptors (Lipinski definition) is 3. The molecule has 2 aliphatic rings. The molecule has 1 atom stereocenters. The lowest BCUT2D eigenvalue weighted by Crippen LogP contribution is -2.27. The normalized spacial score (nSPS) is 25.2. The molecular weight excluding hydrogens is 238 g/mol. The SMILES string of the molecule is c1cc(OC2CCOCC2)cc(C2CCCCN2)c1. The van der Waals surface area contributed by atoms with Gasteiger partial charge in [-0.1, -0.05) is 18.6 Å². The molecule has 0 radical (unpaired) electrons. The van der Waals surface area contributed by atoms with Gasteiger partial charge in [0.15, 0.2) is 0 Å². The minimum absolute atomic E-state index is 0.323. The largest absolute Gasteiger partial charge is 0.490 e. The molecule has 0 aliphatic carbocycles. The summed E-state index contributed by atoms with van der Waals surface area (Å²) in [5, 5.41) is 3.59. The fourth-order valence-corrected chi connectivity index (χ4v) is 2.93. The van der Waals surface area contributed by atoms with Crippen LogP contribution in [-0.4, -0.2) is 25.9 Å². The fraction of sp³-hybridized carbons (Fsp3) is 0.625. The van der Waals surface area contributed by atoms with E-state index < -0.39 is 0 Å². The van der Waals surface area contributed by atoms with Gasteiger partial charge in [-0.25, -0.2) is 0 Å². The molecule has 19 heavy (non-hydrogen) atoms. The summed E-state index contributed by atoms with van der Waals surface area (Å²) in [6.45, 7) is 2.79. The minimum Gasteiger partial charge on any atom is -0.490 e. The fourth-order valence-electron chi connectivity index (χ4n) is 2.93. The molecule has 1 aromatic rings. The van der Waals surface area contributed by atoms with Crippen molar-refractivity contribution in [3.05, 3.63) is 29.8 Å². The Morgan fingerprint density at radius 2 is 2.00 bits per heavy atom. The Kier molecular flexibility index (Phi) is 4.36. The van der Waals surface area contributed by atoms with Gasteiger partial charge in [0.1, 0.15) is 11.9 Å². The maximum Gasteiger partial charge on any atom is 0.120 e. The van der Waals surface area contributed by atoms with Crippen LogP contribution < -0.4 is 10.1 Å². The van der Waals surface area contributed by atoms with Crippen LogP contribution in [0.15, 0.2) is 24.3 Å². The van der Waals surface area contributed by atoms with E-state index in [9.17, 15) is 0 Å². The Labute approximate surface area is 115 Å². The van der Waals surface area contributed by atoms with Gasteiger partial charge in [-0.2, -0.15) is 0 Å². The highest BCUT2D eigenvalue weighted by Gasteiger charge is 2.17. The zero-order valence-electron chi connectivity index (χ0n) is 11.4. The molecule has 0 bridgehead atoms. The van der Waals surface area contributed by atoms with E-state index in [1.807, 2.05) is 0 Å². The molecule has 3 rings (SSSR count). The van der Waals surface area contributed by atoms with Gasteiger partial charge in [0.25, 0.3) is 0 Å². The Morgan fingerprint density at radius 1 is 1.11 bits per heavy atom. The number of ether oxygens (including phenoxy) is 2. The number of rotatable bonds is 3. The molecule has 2 saturated heterocycles. The Balaban J connectivity index is 1.64. The molecule has 2 aliphatic heterocycles. The van der Waals surface area contributed by atoms with Gasteiger partial charge in [0.2, 0.25) is 0 Å². The second-order valence-electron chi connectivity index (χ2n) is 5.50. The van der Waals surface area contributed by atoms with Gasteiger partial charge in [-0.3, -0.25) is 0 Å². The lowest BCUT2D eigenvalue weighted by atomic mass is 9.97. The zero-order chi connectivity index (χ0) is 12.9. The van der Waals surface area contributed by atoms with E-state index in [2.05, 4.69) is 29.6 Å². The number of nitrogens with one attached hydrogen (secondary N) is 1. The molecule has 0 aromatic heterocycles. The minimum atomic E-state index is 0.323. The van der Waals surface area contributed by atoms with Gasteiger partial charge in [0.05, 0.1) is 13.2 Å². The molecule has 3 nitrogen and oxygen atoms in total. The molecule has 104 valence electrons. The van der Waals surface area contributed by atoms with Gasteiger partial charge in [-0.15, -0.1) is 0 Å². The monoisotopic (exact) mass is 261 g/mol. The summed E-state index contributed by atoms with van der Waals surface area (Å²) >= 11 is 0. The molecule has 3 heteroatoms. The lowest BCUT2D eigenvalue weighted by Gasteiger charge is -2.26. The first-order valence-electron chi connectivity index (χ1n) is 7.49.